The third-order valence-corrected chi connectivity index (χ3v) is 5.71. The Morgan fingerprint density at radius 3 is 2.60 bits per heavy atom. The first-order valence-electron chi connectivity index (χ1n) is 9.79. The molecule has 1 aromatic carbocycles. The molecule has 10 heteroatoms. The van der Waals surface area contributed by atoms with Gasteiger partial charge in [0.1, 0.15) is 17.9 Å². The number of unbranched alkanes of at least 4 members (excludes halogenated alkanes) is 1. The molecule has 0 aliphatic rings. The molecule has 0 amide bonds. The fourth-order valence-corrected chi connectivity index (χ4v) is 3.65. The summed E-state index contributed by atoms with van der Waals surface area (Å²) in [6.45, 7) is 5.18. The minimum atomic E-state index is -3.60. The third kappa shape index (κ3) is 6.01. The van der Waals surface area contributed by atoms with Crippen LogP contribution < -0.4 is 14.8 Å². The first-order valence-corrected chi connectivity index (χ1v) is 11.3. The van der Waals surface area contributed by atoms with Gasteiger partial charge in [-0.05, 0) is 43.7 Å². The van der Waals surface area contributed by atoms with E-state index in [2.05, 4.69) is 32.0 Å². The highest BCUT2D eigenvalue weighted by Crippen LogP contribution is 2.16. The lowest BCUT2D eigenvalue weighted by Gasteiger charge is -2.10. The van der Waals surface area contributed by atoms with Crippen LogP contribution in [0.15, 0.2) is 53.8 Å². The van der Waals surface area contributed by atoms with Crippen molar-refractivity contribution in [3.63, 3.8) is 0 Å². The number of ether oxygens (including phenoxy) is 1. The molecule has 0 aliphatic carbocycles. The van der Waals surface area contributed by atoms with E-state index in [9.17, 15) is 8.42 Å². The van der Waals surface area contributed by atoms with E-state index >= 15 is 0 Å². The van der Waals surface area contributed by atoms with Crippen molar-refractivity contribution in [3.8, 4) is 11.6 Å². The van der Waals surface area contributed by atoms with Crippen LogP contribution in [0.3, 0.4) is 0 Å². The van der Waals surface area contributed by atoms with Gasteiger partial charge in [-0.3, -0.25) is 0 Å². The Morgan fingerprint density at radius 1 is 1.10 bits per heavy atom. The molecule has 0 aliphatic heterocycles. The highest BCUT2D eigenvalue weighted by atomic mass is 32.2. The quantitative estimate of drug-likeness (QED) is 0.450. The van der Waals surface area contributed by atoms with Crippen LogP contribution in [0.1, 0.15) is 25.5 Å². The van der Waals surface area contributed by atoms with E-state index in [1.165, 1.54) is 6.33 Å². The van der Waals surface area contributed by atoms with Gasteiger partial charge in [-0.25, -0.2) is 27.8 Å². The lowest BCUT2D eigenvalue weighted by atomic mass is 10.3. The molecule has 160 valence electrons. The average molecular weight is 431 g/mol. The maximum Gasteiger partial charge on any atom is 0.240 e. The highest BCUT2D eigenvalue weighted by molar-refractivity contribution is 7.89. The summed E-state index contributed by atoms with van der Waals surface area (Å²) in [4.78, 5) is 8.54. The van der Waals surface area contributed by atoms with Crippen LogP contribution >= 0.6 is 0 Å². The van der Waals surface area contributed by atoms with E-state index in [0.29, 0.717) is 30.5 Å². The summed E-state index contributed by atoms with van der Waals surface area (Å²) in [5.74, 6) is 1.87. The maximum absolute atomic E-state index is 12.4. The molecule has 0 unspecified atom stereocenters. The molecule has 0 spiro atoms. The minimum Gasteiger partial charge on any atom is -0.494 e. The summed E-state index contributed by atoms with van der Waals surface area (Å²) >= 11 is 0. The number of rotatable bonds is 11. The van der Waals surface area contributed by atoms with Crippen LogP contribution in [0.2, 0.25) is 0 Å². The lowest BCUT2D eigenvalue weighted by Crippen LogP contribution is -2.29. The first kappa shape index (κ1) is 21.7. The number of aromatic nitrogens is 4. The van der Waals surface area contributed by atoms with Gasteiger partial charge in [0.2, 0.25) is 10.0 Å². The predicted molar refractivity (Wildman–Crippen MR) is 114 cm³/mol. The molecule has 0 saturated carbocycles. The number of nitrogens with zero attached hydrogens (tertiary/aromatic N) is 4. The Bertz CT molecular complexity index is 1050. The van der Waals surface area contributed by atoms with Crippen LogP contribution in [0, 0.1) is 6.92 Å². The molecule has 2 heterocycles. The van der Waals surface area contributed by atoms with Crippen LogP contribution in [0.4, 0.5) is 5.82 Å². The molecule has 0 radical (unpaired) electrons. The standard InChI is InChI=1S/C20H26N6O3S/c1-3-4-13-29-17-5-7-18(8-6-17)30(27,28)24-11-10-21-19-14-20(23-15-22-19)26-12-9-16(2)25-26/h5-9,12,14-15,24H,3-4,10-11,13H2,1-2H3,(H,21,22,23). The molecule has 0 fully saturated rings. The normalized spacial score (nSPS) is 11.4. The average Bonchev–Trinajstić information content (AvgIpc) is 3.18. The fourth-order valence-electron chi connectivity index (χ4n) is 2.62. The molecule has 0 bridgehead atoms. The van der Waals surface area contributed by atoms with Crippen LogP contribution in [-0.4, -0.2) is 47.9 Å². The van der Waals surface area contributed by atoms with E-state index < -0.39 is 10.0 Å². The number of benzene rings is 1. The minimum absolute atomic E-state index is 0.198. The molecular weight excluding hydrogens is 404 g/mol. The van der Waals surface area contributed by atoms with Crippen molar-refractivity contribution in [1.82, 2.24) is 24.5 Å². The largest absolute Gasteiger partial charge is 0.494 e. The highest BCUT2D eigenvalue weighted by Gasteiger charge is 2.13. The van der Waals surface area contributed by atoms with Crippen LogP contribution in [-0.2, 0) is 10.0 Å². The first-order chi connectivity index (χ1) is 14.5. The Kier molecular flexibility index (Phi) is 7.36. The molecule has 2 N–H and O–H groups in total. The van der Waals surface area contributed by atoms with Gasteiger partial charge in [0.15, 0.2) is 5.82 Å². The summed E-state index contributed by atoms with van der Waals surface area (Å²) in [5.41, 5.74) is 0.887. The van der Waals surface area contributed by atoms with Crippen molar-refractivity contribution >= 4 is 15.8 Å². The molecule has 0 saturated heterocycles. The number of aryl methyl sites for hydroxylation is 1. The zero-order valence-corrected chi connectivity index (χ0v) is 17.9. The molecule has 0 atom stereocenters. The van der Waals surface area contributed by atoms with Crippen molar-refractivity contribution < 1.29 is 13.2 Å². The summed E-state index contributed by atoms with van der Waals surface area (Å²) in [5, 5.41) is 7.39. The zero-order valence-electron chi connectivity index (χ0n) is 17.1. The Labute approximate surface area is 176 Å². The molecule has 3 aromatic rings. The van der Waals surface area contributed by atoms with Crippen LogP contribution in [0.5, 0.6) is 5.75 Å². The SMILES string of the molecule is CCCCOc1ccc(S(=O)(=O)NCCNc2cc(-n3ccc(C)n3)ncn2)cc1. The zero-order chi connectivity index (χ0) is 21.4. The number of sulfonamides is 1. The molecule has 30 heavy (non-hydrogen) atoms. The van der Waals surface area contributed by atoms with Crippen molar-refractivity contribution in [1.29, 1.82) is 0 Å². The van der Waals surface area contributed by atoms with Crippen molar-refractivity contribution in [3.05, 3.63) is 54.6 Å². The van der Waals surface area contributed by atoms with Crippen LogP contribution in [0.25, 0.3) is 5.82 Å². The predicted octanol–water partition coefficient (Wildman–Crippen LogP) is 2.54. The fraction of sp³-hybridized carbons (Fsp3) is 0.350. The topological polar surface area (TPSA) is 111 Å². The number of hydrogen-bond donors (Lipinski definition) is 2. The van der Waals surface area contributed by atoms with E-state index in [1.54, 1.807) is 35.0 Å². The summed E-state index contributed by atoms with van der Waals surface area (Å²) < 4.78 is 34.7. The van der Waals surface area contributed by atoms with Gasteiger partial charge in [0.25, 0.3) is 0 Å². The van der Waals surface area contributed by atoms with Crippen molar-refractivity contribution in [2.45, 2.75) is 31.6 Å². The second-order valence-corrected chi connectivity index (χ2v) is 8.43. The molecule has 3 rings (SSSR count). The molecule has 2 aromatic heterocycles. The van der Waals surface area contributed by atoms with Gasteiger partial charge in [0.05, 0.1) is 17.2 Å². The van der Waals surface area contributed by atoms with Gasteiger partial charge in [0, 0.05) is 25.4 Å². The van der Waals surface area contributed by atoms with Gasteiger partial charge in [-0.2, -0.15) is 5.10 Å². The van der Waals surface area contributed by atoms with Gasteiger partial charge >= 0.3 is 0 Å². The second-order valence-electron chi connectivity index (χ2n) is 6.66. The summed E-state index contributed by atoms with van der Waals surface area (Å²) in [7, 11) is -3.60. The van der Waals surface area contributed by atoms with E-state index in [-0.39, 0.29) is 11.4 Å². The molecular formula is C20H26N6O3S. The van der Waals surface area contributed by atoms with Gasteiger partial charge in [-0.1, -0.05) is 13.3 Å². The molecule has 9 nitrogen and oxygen atoms in total. The number of nitrogens with one attached hydrogen (secondary N) is 2. The summed E-state index contributed by atoms with van der Waals surface area (Å²) in [6, 6.07) is 10.1. The smallest absolute Gasteiger partial charge is 0.240 e. The second kappa shape index (κ2) is 10.2. The lowest BCUT2D eigenvalue weighted by molar-refractivity contribution is 0.309. The number of hydrogen-bond acceptors (Lipinski definition) is 7. The van der Waals surface area contributed by atoms with Gasteiger partial charge in [-0.15, -0.1) is 0 Å². The number of anilines is 1. The summed E-state index contributed by atoms with van der Waals surface area (Å²) in [6.07, 6.45) is 5.26. The van der Waals surface area contributed by atoms with Crippen molar-refractivity contribution in [2.24, 2.45) is 0 Å². The maximum atomic E-state index is 12.4. The Balaban J connectivity index is 1.50. The van der Waals surface area contributed by atoms with E-state index in [4.69, 9.17) is 4.74 Å². The van der Waals surface area contributed by atoms with Crippen molar-refractivity contribution in [2.75, 3.05) is 25.0 Å². The Hall–Kier alpha value is -2.98. The van der Waals surface area contributed by atoms with Gasteiger partial charge < -0.3 is 10.1 Å². The van der Waals surface area contributed by atoms with E-state index in [1.807, 2.05) is 19.2 Å². The monoisotopic (exact) mass is 430 g/mol. The van der Waals surface area contributed by atoms with E-state index in [0.717, 1.165) is 18.5 Å². The third-order valence-electron chi connectivity index (χ3n) is 4.23. The Morgan fingerprint density at radius 2 is 1.90 bits per heavy atom.